The highest BCUT2D eigenvalue weighted by Gasteiger charge is 2.17. The van der Waals surface area contributed by atoms with Crippen LogP contribution in [0.25, 0.3) is 0 Å². The fraction of sp³-hybridized carbons (Fsp3) is 0.333. The van der Waals surface area contributed by atoms with Crippen molar-refractivity contribution in [3.63, 3.8) is 0 Å². The summed E-state index contributed by atoms with van der Waals surface area (Å²) in [5.41, 5.74) is 1.61. The van der Waals surface area contributed by atoms with E-state index in [0.717, 1.165) is 5.56 Å². The maximum Gasteiger partial charge on any atom is 0.251 e. The second-order valence-corrected chi connectivity index (χ2v) is 6.94. The van der Waals surface area contributed by atoms with E-state index in [1.807, 2.05) is 61.5 Å². The molecule has 2 amide bonds. The molecular formula is C21H26ClN3O2. The van der Waals surface area contributed by atoms with E-state index in [-0.39, 0.29) is 17.9 Å². The normalized spacial score (nSPS) is 11.9. The Labute approximate surface area is 165 Å². The second-order valence-electron chi connectivity index (χ2n) is 6.53. The minimum atomic E-state index is -0.123. The number of nitrogens with zero attached hydrogens (tertiary/aromatic N) is 1. The van der Waals surface area contributed by atoms with Crippen LogP contribution < -0.4 is 10.6 Å². The number of carbonyl (C=O) groups is 2. The molecule has 6 heteroatoms. The molecule has 2 rings (SSSR count). The lowest BCUT2D eigenvalue weighted by Gasteiger charge is -2.26. The molecule has 2 N–H and O–H groups in total. The Morgan fingerprint density at radius 1 is 1.00 bits per heavy atom. The van der Waals surface area contributed by atoms with E-state index in [4.69, 9.17) is 11.6 Å². The van der Waals surface area contributed by atoms with Crippen molar-refractivity contribution in [1.29, 1.82) is 0 Å². The number of carbonyl (C=O) groups excluding carboxylic acids is 2. The molecular weight excluding hydrogens is 362 g/mol. The van der Waals surface area contributed by atoms with Gasteiger partial charge in [0, 0.05) is 30.1 Å². The first kappa shape index (κ1) is 20.9. The number of rotatable bonds is 9. The zero-order valence-electron chi connectivity index (χ0n) is 15.7. The predicted octanol–water partition coefficient (Wildman–Crippen LogP) is 3.27. The molecule has 0 fully saturated rings. The third-order valence-corrected chi connectivity index (χ3v) is 4.63. The molecule has 2 aromatic rings. The van der Waals surface area contributed by atoms with Crippen molar-refractivity contribution in [2.45, 2.75) is 18.9 Å². The highest BCUT2D eigenvalue weighted by Crippen LogP contribution is 2.25. The van der Waals surface area contributed by atoms with E-state index in [2.05, 4.69) is 10.6 Å². The molecule has 27 heavy (non-hydrogen) atoms. The first-order valence-corrected chi connectivity index (χ1v) is 9.37. The average Bonchev–Trinajstić information content (AvgIpc) is 2.67. The molecule has 0 saturated heterocycles. The minimum absolute atomic E-state index is 0.000401. The summed E-state index contributed by atoms with van der Waals surface area (Å²) in [6.45, 7) is 0.939. The third kappa shape index (κ3) is 6.70. The van der Waals surface area contributed by atoms with Crippen LogP contribution in [0.5, 0.6) is 0 Å². The van der Waals surface area contributed by atoms with Crippen LogP contribution >= 0.6 is 11.6 Å². The Morgan fingerprint density at radius 2 is 1.67 bits per heavy atom. The topological polar surface area (TPSA) is 61.4 Å². The van der Waals surface area contributed by atoms with E-state index in [9.17, 15) is 9.59 Å². The molecule has 0 aliphatic heterocycles. The van der Waals surface area contributed by atoms with Crippen molar-refractivity contribution in [3.05, 3.63) is 70.7 Å². The summed E-state index contributed by atoms with van der Waals surface area (Å²) in [4.78, 5) is 26.1. The molecule has 0 heterocycles. The Balaban J connectivity index is 1.73. The highest BCUT2D eigenvalue weighted by molar-refractivity contribution is 6.31. The third-order valence-electron chi connectivity index (χ3n) is 4.28. The van der Waals surface area contributed by atoms with Gasteiger partial charge in [0.15, 0.2) is 0 Å². The van der Waals surface area contributed by atoms with Gasteiger partial charge in [0.1, 0.15) is 0 Å². The summed E-state index contributed by atoms with van der Waals surface area (Å²) in [5.74, 6) is -0.162. The summed E-state index contributed by atoms with van der Waals surface area (Å²) in [7, 11) is 3.92. The second kappa shape index (κ2) is 10.7. The first-order chi connectivity index (χ1) is 13.0. The standard InChI is InChI=1S/C21H26ClN3O2/c1-25(2)19(17-11-6-7-12-18(17)22)15-24-20(26)13-8-14-23-21(27)16-9-4-3-5-10-16/h3-7,9-12,19H,8,13-15H2,1-2H3,(H,23,27)(H,24,26). The number of amides is 2. The SMILES string of the molecule is CN(C)C(CNC(=O)CCCNC(=O)c1ccccc1)c1ccccc1Cl. The largest absolute Gasteiger partial charge is 0.354 e. The molecule has 144 valence electrons. The van der Waals surface area contributed by atoms with Gasteiger partial charge in [-0.25, -0.2) is 0 Å². The van der Waals surface area contributed by atoms with E-state index in [0.29, 0.717) is 36.5 Å². The summed E-state index contributed by atoms with van der Waals surface area (Å²) in [5, 5.41) is 6.47. The number of nitrogens with one attached hydrogen (secondary N) is 2. The lowest BCUT2D eigenvalue weighted by atomic mass is 10.1. The van der Waals surface area contributed by atoms with Gasteiger partial charge in [-0.1, -0.05) is 48.0 Å². The molecule has 1 unspecified atom stereocenters. The number of halogens is 1. The van der Waals surface area contributed by atoms with Crippen molar-refractivity contribution in [1.82, 2.24) is 15.5 Å². The van der Waals surface area contributed by atoms with Crippen molar-refractivity contribution >= 4 is 23.4 Å². The molecule has 0 aliphatic rings. The molecule has 2 aromatic carbocycles. The lowest BCUT2D eigenvalue weighted by Crippen LogP contribution is -2.35. The highest BCUT2D eigenvalue weighted by atomic mass is 35.5. The first-order valence-electron chi connectivity index (χ1n) is 9.00. The van der Waals surface area contributed by atoms with Crippen LogP contribution in [0.15, 0.2) is 54.6 Å². The van der Waals surface area contributed by atoms with E-state index >= 15 is 0 Å². The predicted molar refractivity (Wildman–Crippen MR) is 109 cm³/mol. The Kier molecular flexibility index (Phi) is 8.30. The molecule has 0 aromatic heterocycles. The molecule has 5 nitrogen and oxygen atoms in total. The summed E-state index contributed by atoms with van der Waals surface area (Å²) in [6.07, 6.45) is 0.945. The van der Waals surface area contributed by atoms with Crippen molar-refractivity contribution < 1.29 is 9.59 Å². The van der Waals surface area contributed by atoms with Crippen LogP contribution in [0.1, 0.15) is 34.8 Å². The van der Waals surface area contributed by atoms with Crippen LogP contribution in [0.4, 0.5) is 0 Å². The number of hydrogen-bond donors (Lipinski definition) is 2. The van der Waals surface area contributed by atoms with Gasteiger partial charge >= 0.3 is 0 Å². The fourth-order valence-electron chi connectivity index (χ4n) is 2.76. The zero-order valence-corrected chi connectivity index (χ0v) is 16.5. The maximum atomic E-state index is 12.1. The molecule has 1 atom stereocenters. The monoisotopic (exact) mass is 387 g/mol. The Hall–Kier alpha value is -2.37. The van der Waals surface area contributed by atoms with Crippen LogP contribution in [0.2, 0.25) is 5.02 Å². The summed E-state index contributed by atoms with van der Waals surface area (Å²) >= 11 is 6.28. The Bertz CT molecular complexity index is 750. The van der Waals surface area contributed by atoms with Gasteiger partial charge in [-0.15, -0.1) is 0 Å². The number of benzene rings is 2. The molecule has 0 saturated carbocycles. The van der Waals surface area contributed by atoms with Crippen molar-refractivity contribution in [2.75, 3.05) is 27.2 Å². The summed E-state index contributed by atoms with van der Waals surface area (Å²) in [6, 6.07) is 16.7. The quantitative estimate of drug-likeness (QED) is 0.649. The van der Waals surface area contributed by atoms with Gasteiger partial charge in [-0.05, 0) is 44.3 Å². The van der Waals surface area contributed by atoms with Crippen LogP contribution in [0.3, 0.4) is 0 Å². The minimum Gasteiger partial charge on any atom is -0.354 e. The number of likely N-dealkylation sites (N-methyl/N-ethyl adjacent to an activating group) is 1. The number of hydrogen-bond acceptors (Lipinski definition) is 3. The average molecular weight is 388 g/mol. The fourth-order valence-corrected chi connectivity index (χ4v) is 3.02. The van der Waals surface area contributed by atoms with Crippen LogP contribution in [-0.2, 0) is 4.79 Å². The smallest absolute Gasteiger partial charge is 0.251 e. The summed E-state index contributed by atoms with van der Waals surface area (Å²) < 4.78 is 0. The van der Waals surface area contributed by atoms with Gasteiger partial charge in [0.2, 0.25) is 5.91 Å². The van der Waals surface area contributed by atoms with Gasteiger partial charge < -0.3 is 15.5 Å². The zero-order chi connectivity index (χ0) is 19.6. The van der Waals surface area contributed by atoms with E-state index in [1.54, 1.807) is 12.1 Å². The van der Waals surface area contributed by atoms with Crippen molar-refractivity contribution in [3.8, 4) is 0 Å². The molecule has 0 aliphatic carbocycles. The molecule has 0 radical (unpaired) electrons. The van der Waals surface area contributed by atoms with Gasteiger partial charge in [-0.2, -0.15) is 0 Å². The van der Waals surface area contributed by atoms with Gasteiger partial charge in [0.25, 0.3) is 5.91 Å². The van der Waals surface area contributed by atoms with Crippen LogP contribution in [-0.4, -0.2) is 43.9 Å². The van der Waals surface area contributed by atoms with Crippen molar-refractivity contribution in [2.24, 2.45) is 0 Å². The van der Waals surface area contributed by atoms with Gasteiger partial charge in [-0.3, -0.25) is 9.59 Å². The van der Waals surface area contributed by atoms with Crippen LogP contribution in [0, 0.1) is 0 Å². The maximum absolute atomic E-state index is 12.1. The molecule has 0 bridgehead atoms. The lowest BCUT2D eigenvalue weighted by molar-refractivity contribution is -0.121. The van der Waals surface area contributed by atoms with Gasteiger partial charge in [0.05, 0.1) is 6.04 Å². The Morgan fingerprint density at radius 3 is 2.33 bits per heavy atom. The van der Waals surface area contributed by atoms with E-state index < -0.39 is 0 Å². The molecule has 0 spiro atoms. The van der Waals surface area contributed by atoms with E-state index in [1.165, 1.54) is 0 Å².